The molecule has 0 bridgehead atoms. The lowest BCUT2D eigenvalue weighted by Gasteiger charge is -2.31. The van der Waals surface area contributed by atoms with E-state index in [2.05, 4.69) is 47.1 Å². The fraction of sp³-hybridized carbons (Fsp3) is 0.708. The number of phosphoric acid groups is 3. The molecule has 3 rings (SSSR count). The number of amides is 2. The first-order valence-electron chi connectivity index (χ1n) is 15.4. The summed E-state index contributed by atoms with van der Waals surface area (Å²) in [7, 11) is -16.6. The number of Topliss-reactive ketones (excluding diaryl/α,β-unsaturated/α-hetero) is 1. The number of hydrogen-bond acceptors (Lipinski definition) is 20. The SMILES string of the molecule is CC(C)(COP(=O)(O)OP(=O)(O)OC[C@H]1O[C@@H](N2CN=C3C2=NC=NC3(N)C(=O)CC(=O)O)[C@H](O)[C@@H]1OP(=O)(O)O)[C@@H](O)C(=O)NCCC(=O)NCCS. The van der Waals surface area contributed by atoms with Crippen LogP contribution in [0.4, 0.5) is 0 Å². The molecule has 3 aliphatic heterocycles. The molecule has 0 radical (unpaired) electrons. The zero-order valence-electron chi connectivity index (χ0n) is 28.3. The molecule has 26 nitrogen and oxygen atoms in total. The molecule has 1 fully saturated rings. The summed E-state index contributed by atoms with van der Waals surface area (Å²) in [5.74, 6) is -3.86. The molecule has 1 saturated heterocycles. The van der Waals surface area contributed by atoms with Crippen molar-refractivity contribution in [1.29, 1.82) is 0 Å². The van der Waals surface area contributed by atoms with E-state index in [1.54, 1.807) is 0 Å². The van der Waals surface area contributed by atoms with Gasteiger partial charge in [0.1, 0.15) is 49.6 Å². The zero-order valence-corrected chi connectivity index (χ0v) is 31.9. The third kappa shape index (κ3) is 12.2. The Bertz CT molecular complexity index is 1690. The monoisotopic (exact) mass is 855 g/mol. The number of amidine groups is 1. The Morgan fingerprint density at radius 2 is 1.78 bits per heavy atom. The first kappa shape index (κ1) is 45.8. The van der Waals surface area contributed by atoms with Gasteiger partial charge in [0.2, 0.25) is 17.5 Å². The summed E-state index contributed by atoms with van der Waals surface area (Å²) in [6, 6.07) is 0. The molecule has 54 heavy (non-hydrogen) atoms. The van der Waals surface area contributed by atoms with Crippen LogP contribution in [0.3, 0.4) is 0 Å². The number of aliphatic hydroxyl groups is 2. The van der Waals surface area contributed by atoms with Gasteiger partial charge in [0.05, 0.1) is 13.2 Å². The maximum atomic E-state index is 12.7. The molecule has 8 atom stereocenters. The number of carboxylic acid groups (broad SMARTS) is 1. The molecular weight excluding hydrogens is 815 g/mol. The zero-order chi connectivity index (χ0) is 40.9. The second kappa shape index (κ2) is 18.1. The number of nitrogens with two attached hydrogens (primary N) is 1. The summed E-state index contributed by atoms with van der Waals surface area (Å²) in [6.07, 6.45) is -9.87. The highest BCUT2D eigenvalue weighted by molar-refractivity contribution is 7.80. The van der Waals surface area contributed by atoms with Crippen molar-refractivity contribution in [3.05, 3.63) is 0 Å². The van der Waals surface area contributed by atoms with Gasteiger partial charge in [-0.2, -0.15) is 16.9 Å². The lowest BCUT2D eigenvalue weighted by molar-refractivity contribution is -0.141. The van der Waals surface area contributed by atoms with Crippen molar-refractivity contribution in [3.8, 4) is 0 Å². The number of carboxylic acids is 1. The van der Waals surface area contributed by atoms with Crippen molar-refractivity contribution in [3.63, 3.8) is 0 Å². The van der Waals surface area contributed by atoms with Gasteiger partial charge in [0.15, 0.2) is 17.8 Å². The lowest BCUT2D eigenvalue weighted by atomic mass is 9.87. The quantitative estimate of drug-likeness (QED) is 0.0304. The Morgan fingerprint density at radius 3 is 2.39 bits per heavy atom. The first-order valence-corrected chi connectivity index (χ1v) is 20.5. The molecular formula is C24H40N7O19P3S. The summed E-state index contributed by atoms with van der Waals surface area (Å²) in [6.45, 7) is -0.0270. The van der Waals surface area contributed by atoms with E-state index in [-0.39, 0.29) is 24.5 Å². The van der Waals surface area contributed by atoms with Gasteiger partial charge in [-0.1, -0.05) is 13.8 Å². The van der Waals surface area contributed by atoms with Crippen LogP contribution in [0.2, 0.25) is 0 Å². The molecule has 0 aliphatic carbocycles. The minimum atomic E-state index is -5.64. The van der Waals surface area contributed by atoms with Gasteiger partial charge in [0, 0.05) is 30.7 Å². The van der Waals surface area contributed by atoms with Crippen LogP contribution in [0.1, 0.15) is 26.7 Å². The van der Waals surface area contributed by atoms with Gasteiger partial charge in [-0.25, -0.2) is 23.7 Å². The number of ketones is 1. The Balaban J connectivity index is 1.64. The summed E-state index contributed by atoms with van der Waals surface area (Å²) >= 11 is 3.94. The number of thiol groups is 1. The minimum Gasteiger partial charge on any atom is -0.481 e. The molecule has 306 valence electrons. The number of rotatable bonds is 21. The Morgan fingerprint density at radius 1 is 1.13 bits per heavy atom. The van der Waals surface area contributed by atoms with E-state index in [4.69, 9.17) is 24.6 Å². The van der Waals surface area contributed by atoms with Gasteiger partial charge in [-0.3, -0.25) is 43.5 Å². The molecule has 3 heterocycles. The van der Waals surface area contributed by atoms with E-state index >= 15 is 0 Å². The van der Waals surface area contributed by atoms with Crippen molar-refractivity contribution in [1.82, 2.24) is 15.5 Å². The number of fused-ring (bicyclic) bond motifs is 1. The molecule has 3 unspecified atom stereocenters. The Hall–Kier alpha value is -2.55. The number of phosphoric ester groups is 3. The molecule has 0 saturated carbocycles. The number of aliphatic imine (C=N–C) groups is 3. The summed E-state index contributed by atoms with van der Waals surface area (Å²) in [4.78, 5) is 99.7. The number of ether oxygens (including phenoxy) is 1. The van der Waals surface area contributed by atoms with Gasteiger partial charge >= 0.3 is 29.4 Å². The molecule has 0 aromatic rings. The average Bonchev–Trinajstić information content (AvgIpc) is 3.61. The van der Waals surface area contributed by atoms with Crippen LogP contribution < -0.4 is 16.4 Å². The van der Waals surface area contributed by atoms with Crippen LogP contribution in [0.5, 0.6) is 0 Å². The molecule has 2 amide bonds. The number of carbonyl (C=O) groups is 4. The van der Waals surface area contributed by atoms with Gasteiger partial charge in [0.25, 0.3) is 0 Å². The highest BCUT2D eigenvalue weighted by Gasteiger charge is 2.55. The molecule has 0 aromatic heterocycles. The predicted molar refractivity (Wildman–Crippen MR) is 183 cm³/mol. The summed E-state index contributed by atoms with van der Waals surface area (Å²) < 4.78 is 60.9. The van der Waals surface area contributed by atoms with E-state index in [1.165, 1.54) is 13.8 Å². The smallest absolute Gasteiger partial charge is 0.481 e. The normalized spacial score (nSPS) is 26.9. The van der Waals surface area contributed by atoms with Crippen molar-refractivity contribution < 1.29 is 90.4 Å². The van der Waals surface area contributed by atoms with Crippen LogP contribution in [0.15, 0.2) is 15.0 Å². The third-order valence-corrected chi connectivity index (χ3v) is 10.9. The summed E-state index contributed by atoms with van der Waals surface area (Å²) in [5.41, 5.74) is 1.77. The van der Waals surface area contributed by atoms with Gasteiger partial charge < -0.3 is 55.2 Å². The van der Waals surface area contributed by atoms with E-state index in [0.29, 0.717) is 12.3 Å². The predicted octanol–water partition coefficient (Wildman–Crippen LogP) is -3.41. The van der Waals surface area contributed by atoms with Crippen LogP contribution >= 0.6 is 36.1 Å². The van der Waals surface area contributed by atoms with Crippen molar-refractivity contribution >= 4 is 77.5 Å². The van der Waals surface area contributed by atoms with Crippen molar-refractivity contribution in [2.45, 2.75) is 63.0 Å². The molecule has 0 aromatic carbocycles. The van der Waals surface area contributed by atoms with Crippen molar-refractivity contribution in [2.75, 3.05) is 38.7 Å². The summed E-state index contributed by atoms with van der Waals surface area (Å²) in [5, 5.41) is 35.3. The Labute approximate surface area is 311 Å². The molecule has 30 heteroatoms. The maximum Gasteiger partial charge on any atom is 0.481 e. The van der Waals surface area contributed by atoms with E-state index in [1.807, 2.05) is 0 Å². The average molecular weight is 856 g/mol. The first-order chi connectivity index (χ1) is 24.8. The highest BCUT2D eigenvalue weighted by Crippen LogP contribution is 2.61. The van der Waals surface area contributed by atoms with E-state index in [9.17, 15) is 62.7 Å². The number of aliphatic carboxylic acids is 1. The molecule has 11 N–H and O–H groups in total. The number of aliphatic hydroxyl groups excluding tert-OH is 2. The fourth-order valence-electron chi connectivity index (χ4n) is 4.87. The van der Waals surface area contributed by atoms with Crippen LogP contribution in [0, 0.1) is 5.41 Å². The standard InChI is InChI=1S/C24H40N7O19P3S/c1-23(2,19(37)21(38)27-4-3-14(33)26-5-6-54)9-47-53(44,45)50-52(42,43)46-8-12-17(49-51(39,40)41)16(36)22(48-12)31-11-29-18-20(31)28-10-30-24(18,25)13(32)7-15(34)35/h10,12,16-17,19,22,36-37,54H,3-9,11,25H2,1-2H3,(H,26,33)(H,27,38)(H,34,35)(H,42,43)(H,44,45)(H2,39,40,41)/t12-,16-,17-,19+,22-,24?/m1/s1. The molecule has 3 aliphatic rings. The van der Waals surface area contributed by atoms with Gasteiger partial charge in [-0.15, -0.1) is 0 Å². The highest BCUT2D eigenvalue weighted by atomic mass is 32.1. The molecule has 0 spiro atoms. The maximum absolute atomic E-state index is 12.7. The number of nitrogens with one attached hydrogen (secondary N) is 2. The van der Waals surface area contributed by atoms with Crippen LogP contribution in [-0.2, 0) is 55.5 Å². The van der Waals surface area contributed by atoms with E-state index in [0.717, 1.165) is 11.2 Å². The van der Waals surface area contributed by atoms with Crippen LogP contribution in [-0.4, -0.2) is 156 Å². The lowest BCUT2D eigenvalue weighted by Crippen LogP contribution is -2.60. The number of nitrogens with zero attached hydrogens (tertiary/aromatic N) is 4. The van der Waals surface area contributed by atoms with E-state index < -0.39 is 115 Å². The number of carbonyl (C=O) groups excluding carboxylic acids is 3. The van der Waals surface area contributed by atoms with Crippen LogP contribution in [0.25, 0.3) is 0 Å². The number of hydrogen-bond donors (Lipinski definition) is 11. The third-order valence-electron chi connectivity index (χ3n) is 7.56. The topological polar surface area (TPSA) is 398 Å². The van der Waals surface area contributed by atoms with Crippen molar-refractivity contribution in [2.24, 2.45) is 26.1 Å². The largest absolute Gasteiger partial charge is 0.481 e. The van der Waals surface area contributed by atoms with Gasteiger partial charge in [-0.05, 0) is 0 Å². The fourth-order valence-corrected chi connectivity index (χ4v) is 7.81. The second-order valence-corrected chi connectivity index (χ2v) is 17.0. The minimum absolute atomic E-state index is 0.127. The second-order valence-electron chi connectivity index (χ2n) is 12.3. The Kier molecular flexibility index (Phi) is 15.4.